The van der Waals surface area contributed by atoms with E-state index in [1.807, 2.05) is 0 Å². The van der Waals surface area contributed by atoms with Crippen LogP contribution in [0.4, 0.5) is 13.2 Å². The lowest BCUT2D eigenvalue weighted by Crippen LogP contribution is -2.08. The Kier molecular flexibility index (Phi) is 4.41. The van der Waals surface area contributed by atoms with E-state index in [-0.39, 0.29) is 11.3 Å². The van der Waals surface area contributed by atoms with Crippen molar-refractivity contribution in [3.8, 4) is 0 Å². The Morgan fingerprint density at radius 2 is 1.80 bits per heavy atom. The van der Waals surface area contributed by atoms with Crippen LogP contribution in [0.1, 0.15) is 27.0 Å². The van der Waals surface area contributed by atoms with Gasteiger partial charge in [0.05, 0.1) is 13.1 Å². The van der Waals surface area contributed by atoms with Crippen LogP contribution in [0.15, 0.2) is 31.8 Å². The summed E-state index contributed by atoms with van der Waals surface area (Å²) < 4.78 is 39.2. The second-order valence-corrected chi connectivity index (χ2v) is 7.84. The van der Waals surface area contributed by atoms with Gasteiger partial charge in [-0.15, -0.1) is 11.3 Å². The minimum Gasteiger partial charge on any atom is -0.289 e. The number of halogens is 5. The van der Waals surface area contributed by atoms with Gasteiger partial charge in [0, 0.05) is 11.1 Å². The summed E-state index contributed by atoms with van der Waals surface area (Å²) in [7, 11) is 0. The largest absolute Gasteiger partial charge is 0.416 e. The van der Waals surface area contributed by atoms with Gasteiger partial charge in [-0.2, -0.15) is 13.2 Å². The van der Waals surface area contributed by atoms with Crippen LogP contribution in [0.25, 0.3) is 0 Å². The number of carbonyl (C=O) groups is 1. The van der Waals surface area contributed by atoms with Crippen molar-refractivity contribution in [1.29, 1.82) is 0 Å². The van der Waals surface area contributed by atoms with Gasteiger partial charge in [0.15, 0.2) is 5.78 Å². The van der Waals surface area contributed by atoms with E-state index in [2.05, 4.69) is 31.9 Å². The first-order valence-electron chi connectivity index (χ1n) is 5.37. The standard InChI is InChI=1S/C13H7Br2F3OS/c1-6-4-7(13(16,17)18)2-3-8(6)11(19)9-5-10(14)20-12(9)15/h2-5H,1H3. The lowest BCUT2D eigenvalue weighted by Gasteiger charge is -2.10. The van der Waals surface area contributed by atoms with E-state index in [1.165, 1.54) is 24.3 Å². The topological polar surface area (TPSA) is 17.1 Å². The number of alkyl halides is 3. The Labute approximate surface area is 134 Å². The van der Waals surface area contributed by atoms with Crippen LogP contribution in [-0.2, 0) is 6.18 Å². The molecule has 0 amide bonds. The number of hydrogen-bond acceptors (Lipinski definition) is 2. The molecule has 1 heterocycles. The Bertz CT molecular complexity index is 677. The Morgan fingerprint density at radius 1 is 1.15 bits per heavy atom. The van der Waals surface area contributed by atoms with Crippen molar-refractivity contribution in [2.45, 2.75) is 13.1 Å². The zero-order valence-electron chi connectivity index (χ0n) is 10.0. The van der Waals surface area contributed by atoms with Crippen LogP contribution in [0, 0.1) is 6.92 Å². The quantitative estimate of drug-likeness (QED) is 0.551. The maximum absolute atomic E-state index is 12.6. The first-order chi connectivity index (χ1) is 9.20. The molecule has 0 saturated heterocycles. The smallest absolute Gasteiger partial charge is 0.289 e. The molecule has 106 valence electrons. The summed E-state index contributed by atoms with van der Waals surface area (Å²) in [5.74, 6) is -0.301. The highest BCUT2D eigenvalue weighted by Gasteiger charge is 2.31. The highest BCUT2D eigenvalue weighted by atomic mass is 79.9. The van der Waals surface area contributed by atoms with E-state index in [9.17, 15) is 18.0 Å². The molecule has 1 aromatic heterocycles. The number of ketones is 1. The fraction of sp³-hybridized carbons (Fsp3) is 0.154. The number of hydrogen-bond donors (Lipinski definition) is 0. The molecule has 0 aliphatic rings. The van der Waals surface area contributed by atoms with Crippen molar-refractivity contribution in [3.05, 3.63) is 54.1 Å². The van der Waals surface area contributed by atoms with Crippen molar-refractivity contribution in [2.75, 3.05) is 0 Å². The molecule has 0 aliphatic carbocycles. The van der Waals surface area contributed by atoms with Gasteiger partial charge in [-0.3, -0.25) is 4.79 Å². The number of carbonyl (C=O) groups excluding carboxylic acids is 1. The fourth-order valence-electron chi connectivity index (χ4n) is 1.73. The lowest BCUT2D eigenvalue weighted by atomic mass is 9.98. The van der Waals surface area contributed by atoms with E-state index in [0.29, 0.717) is 14.9 Å². The van der Waals surface area contributed by atoms with Crippen LogP contribution >= 0.6 is 43.2 Å². The molecule has 20 heavy (non-hydrogen) atoms. The molecule has 0 atom stereocenters. The van der Waals surface area contributed by atoms with E-state index in [0.717, 1.165) is 15.9 Å². The molecule has 0 saturated carbocycles. The molecule has 0 aliphatic heterocycles. The van der Waals surface area contributed by atoms with Crippen LogP contribution < -0.4 is 0 Å². The molecule has 0 radical (unpaired) electrons. The van der Waals surface area contributed by atoms with Gasteiger partial charge in [0.25, 0.3) is 0 Å². The minimum atomic E-state index is -4.40. The average Bonchev–Trinajstić information content (AvgIpc) is 2.66. The van der Waals surface area contributed by atoms with Gasteiger partial charge < -0.3 is 0 Å². The van der Waals surface area contributed by atoms with Gasteiger partial charge in [0.1, 0.15) is 0 Å². The summed E-state index contributed by atoms with van der Waals surface area (Å²) >= 11 is 7.88. The molecule has 0 fully saturated rings. The van der Waals surface area contributed by atoms with E-state index in [1.54, 1.807) is 6.07 Å². The van der Waals surface area contributed by atoms with Gasteiger partial charge >= 0.3 is 6.18 Å². The van der Waals surface area contributed by atoms with Gasteiger partial charge in [-0.1, -0.05) is 6.07 Å². The average molecular weight is 428 g/mol. The van der Waals surface area contributed by atoms with Crippen molar-refractivity contribution in [2.24, 2.45) is 0 Å². The zero-order chi connectivity index (χ0) is 15.1. The summed E-state index contributed by atoms with van der Waals surface area (Å²) in [5.41, 5.74) is 0.255. The van der Waals surface area contributed by atoms with Crippen molar-refractivity contribution in [1.82, 2.24) is 0 Å². The summed E-state index contributed by atoms with van der Waals surface area (Å²) in [4.78, 5) is 12.3. The second-order valence-electron chi connectivity index (χ2n) is 4.09. The highest BCUT2D eigenvalue weighted by molar-refractivity contribution is 9.12. The maximum atomic E-state index is 12.6. The van der Waals surface area contributed by atoms with E-state index < -0.39 is 11.7 Å². The molecular weight excluding hydrogens is 421 g/mol. The molecule has 7 heteroatoms. The van der Waals surface area contributed by atoms with E-state index >= 15 is 0 Å². The molecule has 0 spiro atoms. The van der Waals surface area contributed by atoms with Crippen LogP contribution in [0.3, 0.4) is 0 Å². The number of aryl methyl sites for hydroxylation is 1. The predicted octanol–water partition coefficient (Wildman–Crippen LogP) is 5.83. The normalized spacial score (nSPS) is 11.7. The molecular formula is C13H7Br2F3OS. The van der Waals surface area contributed by atoms with Crippen molar-refractivity contribution >= 4 is 49.0 Å². The minimum absolute atomic E-state index is 0.268. The predicted molar refractivity (Wildman–Crippen MR) is 79.3 cm³/mol. The van der Waals surface area contributed by atoms with Crippen LogP contribution in [0.2, 0.25) is 0 Å². The summed E-state index contributed by atoms with van der Waals surface area (Å²) in [5, 5.41) is 0. The van der Waals surface area contributed by atoms with Gasteiger partial charge in [-0.05, 0) is 62.5 Å². The fourth-order valence-corrected chi connectivity index (χ4v) is 4.53. The number of rotatable bonds is 2. The molecule has 2 aromatic rings. The third-order valence-corrected chi connectivity index (χ3v) is 5.04. The molecule has 1 aromatic carbocycles. The third kappa shape index (κ3) is 3.15. The SMILES string of the molecule is Cc1cc(C(F)(F)F)ccc1C(=O)c1cc(Br)sc1Br. The number of benzene rings is 1. The molecule has 1 nitrogen and oxygen atoms in total. The second kappa shape index (κ2) is 5.61. The molecule has 0 bridgehead atoms. The summed E-state index contributed by atoms with van der Waals surface area (Å²) in [6.45, 7) is 1.50. The van der Waals surface area contributed by atoms with Gasteiger partial charge in [0.2, 0.25) is 0 Å². The first-order valence-corrected chi connectivity index (χ1v) is 7.78. The summed E-state index contributed by atoms with van der Waals surface area (Å²) in [6.07, 6.45) is -4.40. The Balaban J connectivity index is 2.44. The Hall–Kier alpha value is -0.660. The van der Waals surface area contributed by atoms with Gasteiger partial charge in [-0.25, -0.2) is 0 Å². The molecule has 0 N–H and O–H groups in total. The van der Waals surface area contributed by atoms with Crippen LogP contribution in [-0.4, -0.2) is 5.78 Å². The molecule has 2 rings (SSSR count). The van der Waals surface area contributed by atoms with Crippen molar-refractivity contribution in [3.63, 3.8) is 0 Å². The molecule has 0 unspecified atom stereocenters. The van der Waals surface area contributed by atoms with Crippen LogP contribution in [0.5, 0.6) is 0 Å². The highest BCUT2D eigenvalue weighted by Crippen LogP contribution is 2.35. The van der Waals surface area contributed by atoms with Crippen molar-refractivity contribution < 1.29 is 18.0 Å². The Morgan fingerprint density at radius 3 is 2.25 bits per heavy atom. The third-order valence-electron chi connectivity index (χ3n) is 2.70. The monoisotopic (exact) mass is 426 g/mol. The zero-order valence-corrected chi connectivity index (χ0v) is 14.0. The van der Waals surface area contributed by atoms with E-state index in [4.69, 9.17) is 0 Å². The maximum Gasteiger partial charge on any atom is 0.416 e. The summed E-state index contributed by atoms with van der Waals surface area (Å²) in [6, 6.07) is 4.78. The first kappa shape index (κ1) is 15.7. The lowest BCUT2D eigenvalue weighted by molar-refractivity contribution is -0.137. The number of thiophene rings is 1.